The maximum atomic E-state index is 13.8. The Labute approximate surface area is 156 Å². The van der Waals surface area contributed by atoms with Crippen molar-refractivity contribution in [3.05, 3.63) is 59.7 Å². The highest BCUT2D eigenvalue weighted by Crippen LogP contribution is 2.17. The minimum absolute atomic E-state index is 0.00877. The van der Waals surface area contributed by atoms with Gasteiger partial charge in [-0.1, -0.05) is 12.1 Å². The summed E-state index contributed by atoms with van der Waals surface area (Å²) in [6.07, 6.45) is 0. The van der Waals surface area contributed by atoms with Crippen LogP contribution < -0.4 is 20.3 Å². The number of nitrogens with one attached hydrogen (secondary N) is 3. The molecule has 0 bridgehead atoms. The molecule has 0 aromatic heterocycles. The van der Waals surface area contributed by atoms with Crippen molar-refractivity contribution in [2.45, 2.75) is 13.5 Å². The summed E-state index contributed by atoms with van der Waals surface area (Å²) in [5, 5.41) is 4.45. The number of methoxy groups -OCH3 is 1. The number of rotatable bonds is 7. The van der Waals surface area contributed by atoms with E-state index in [0.29, 0.717) is 18.7 Å². The predicted octanol–water partition coefficient (Wildman–Crippen LogP) is 1.73. The average Bonchev–Trinajstić information content (AvgIpc) is 2.63. The molecule has 0 saturated carbocycles. The number of halogens is 2. The van der Waals surface area contributed by atoms with Crippen LogP contribution in [-0.4, -0.2) is 32.1 Å². The van der Waals surface area contributed by atoms with Crippen molar-refractivity contribution in [1.82, 2.24) is 5.32 Å². The Hall–Kier alpha value is -3.00. The molecule has 8 heteroatoms. The molecule has 2 aromatic rings. The van der Waals surface area contributed by atoms with Crippen LogP contribution >= 0.6 is 0 Å². The van der Waals surface area contributed by atoms with Gasteiger partial charge in [0.15, 0.2) is 18.1 Å². The molecule has 0 spiro atoms. The standard InChI is InChI=1S/C19H21F2N3O3/c1-3-24(11-13-8-9-17(27-2)15(21)10-13)12-18(25)23-19(26)22-16-7-5-4-6-14(16)20/h4-10H,3,11-12H2,1-2H3,(H2,22,23,25,26)/p+1. The zero-order valence-electron chi connectivity index (χ0n) is 15.1. The van der Waals surface area contributed by atoms with Crippen LogP contribution in [0.5, 0.6) is 5.75 Å². The number of carbonyl (C=O) groups excluding carboxylic acids is 2. The van der Waals surface area contributed by atoms with Gasteiger partial charge in [0.2, 0.25) is 0 Å². The van der Waals surface area contributed by atoms with Crippen molar-refractivity contribution in [3.8, 4) is 5.75 Å². The van der Waals surface area contributed by atoms with Crippen LogP contribution in [0.15, 0.2) is 42.5 Å². The van der Waals surface area contributed by atoms with Gasteiger partial charge in [0.05, 0.1) is 19.3 Å². The van der Waals surface area contributed by atoms with E-state index in [4.69, 9.17) is 4.74 Å². The normalized spacial score (nSPS) is 11.6. The SMILES string of the molecule is CC[NH+](CC(=O)NC(=O)Nc1ccccc1F)Cc1ccc(OC)c(F)c1. The van der Waals surface area contributed by atoms with Gasteiger partial charge < -0.3 is 15.0 Å². The smallest absolute Gasteiger partial charge is 0.326 e. The lowest BCUT2D eigenvalue weighted by Gasteiger charge is -2.17. The fourth-order valence-corrected chi connectivity index (χ4v) is 2.54. The Bertz CT molecular complexity index is 815. The molecule has 1 unspecified atom stereocenters. The lowest BCUT2D eigenvalue weighted by atomic mass is 10.2. The van der Waals surface area contributed by atoms with E-state index in [-0.39, 0.29) is 18.0 Å². The summed E-state index contributed by atoms with van der Waals surface area (Å²) >= 11 is 0. The second-order valence-electron chi connectivity index (χ2n) is 5.91. The number of hydrogen-bond donors (Lipinski definition) is 3. The zero-order valence-corrected chi connectivity index (χ0v) is 15.1. The van der Waals surface area contributed by atoms with Crippen LogP contribution in [0.25, 0.3) is 0 Å². The van der Waals surface area contributed by atoms with E-state index in [0.717, 1.165) is 4.90 Å². The molecule has 27 heavy (non-hydrogen) atoms. The molecule has 0 saturated heterocycles. The Balaban J connectivity index is 1.89. The summed E-state index contributed by atoms with van der Waals surface area (Å²) in [6, 6.07) is 9.45. The summed E-state index contributed by atoms with van der Waals surface area (Å²) in [5.41, 5.74) is 0.685. The number of ether oxygens (including phenoxy) is 1. The molecule has 144 valence electrons. The maximum Gasteiger partial charge on any atom is 0.326 e. The first-order valence-electron chi connectivity index (χ1n) is 8.44. The Morgan fingerprint density at radius 2 is 1.85 bits per heavy atom. The molecule has 0 aliphatic heterocycles. The van der Waals surface area contributed by atoms with Gasteiger partial charge in [-0.05, 0) is 37.3 Å². The van der Waals surface area contributed by atoms with Crippen molar-refractivity contribution in [2.24, 2.45) is 0 Å². The number of amides is 3. The second-order valence-corrected chi connectivity index (χ2v) is 5.91. The van der Waals surface area contributed by atoms with E-state index in [1.165, 1.54) is 37.4 Å². The number of hydrogen-bond acceptors (Lipinski definition) is 3. The third kappa shape index (κ3) is 6.03. The minimum atomic E-state index is -0.809. The van der Waals surface area contributed by atoms with Crippen molar-refractivity contribution < 1.29 is 28.0 Å². The Morgan fingerprint density at radius 3 is 2.48 bits per heavy atom. The molecule has 2 rings (SSSR count). The lowest BCUT2D eigenvalue weighted by Crippen LogP contribution is -3.11. The number of para-hydroxylation sites is 1. The van der Waals surface area contributed by atoms with Crippen LogP contribution in [0.3, 0.4) is 0 Å². The van der Waals surface area contributed by atoms with Crippen molar-refractivity contribution in [1.29, 1.82) is 0 Å². The minimum Gasteiger partial charge on any atom is -0.494 e. The quantitative estimate of drug-likeness (QED) is 0.687. The molecule has 0 aliphatic carbocycles. The number of anilines is 1. The molecule has 6 nitrogen and oxygen atoms in total. The molecular formula is C19H22F2N3O3+. The molecule has 3 amide bonds. The van der Waals surface area contributed by atoms with Crippen molar-refractivity contribution in [3.63, 3.8) is 0 Å². The largest absolute Gasteiger partial charge is 0.494 e. The molecular weight excluding hydrogens is 356 g/mol. The number of imide groups is 1. The van der Waals surface area contributed by atoms with Crippen LogP contribution in [0.4, 0.5) is 19.3 Å². The summed E-state index contributed by atoms with van der Waals surface area (Å²) in [4.78, 5) is 24.7. The highest BCUT2D eigenvalue weighted by molar-refractivity contribution is 6.01. The van der Waals surface area contributed by atoms with Gasteiger partial charge >= 0.3 is 6.03 Å². The van der Waals surface area contributed by atoms with Gasteiger partial charge in [-0.15, -0.1) is 0 Å². The number of quaternary nitrogens is 1. The monoisotopic (exact) mass is 378 g/mol. The van der Waals surface area contributed by atoms with Gasteiger partial charge in [-0.25, -0.2) is 13.6 Å². The van der Waals surface area contributed by atoms with E-state index in [1.807, 2.05) is 6.92 Å². The third-order valence-corrected chi connectivity index (χ3v) is 3.96. The summed E-state index contributed by atoms with van der Waals surface area (Å²) in [7, 11) is 1.39. The molecule has 0 fully saturated rings. The molecule has 3 N–H and O–H groups in total. The first-order chi connectivity index (χ1) is 12.9. The summed E-state index contributed by atoms with van der Waals surface area (Å²) < 4.78 is 32.2. The molecule has 1 atom stereocenters. The first-order valence-corrected chi connectivity index (χ1v) is 8.44. The van der Waals surface area contributed by atoms with Crippen LogP contribution in [-0.2, 0) is 11.3 Å². The van der Waals surface area contributed by atoms with E-state index < -0.39 is 23.6 Å². The number of urea groups is 1. The average molecular weight is 378 g/mol. The fraction of sp³-hybridized carbons (Fsp3) is 0.263. The van der Waals surface area contributed by atoms with Gasteiger partial charge in [0.1, 0.15) is 12.4 Å². The first kappa shape index (κ1) is 20.3. The van der Waals surface area contributed by atoms with Crippen LogP contribution in [0.2, 0.25) is 0 Å². The maximum absolute atomic E-state index is 13.8. The highest BCUT2D eigenvalue weighted by atomic mass is 19.1. The Morgan fingerprint density at radius 1 is 1.11 bits per heavy atom. The van der Waals surface area contributed by atoms with Gasteiger partial charge in [0.25, 0.3) is 5.91 Å². The summed E-state index contributed by atoms with van der Waals surface area (Å²) in [5.74, 6) is -1.43. The molecule has 0 radical (unpaired) electrons. The number of benzene rings is 2. The van der Waals surface area contributed by atoms with E-state index in [1.54, 1.807) is 12.1 Å². The molecule has 0 aliphatic rings. The van der Waals surface area contributed by atoms with Crippen LogP contribution in [0.1, 0.15) is 12.5 Å². The number of carbonyl (C=O) groups is 2. The van der Waals surface area contributed by atoms with Crippen molar-refractivity contribution in [2.75, 3.05) is 25.5 Å². The van der Waals surface area contributed by atoms with Gasteiger partial charge in [-0.2, -0.15) is 0 Å². The van der Waals surface area contributed by atoms with E-state index >= 15 is 0 Å². The zero-order chi connectivity index (χ0) is 19.8. The van der Waals surface area contributed by atoms with Gasteiger partial charge in [-0.3, -0.25) is 10.1 Å². The molecule has 2 aromatic carbocycles. The summed E-state index contributed by atoms with van der Waals surface area (Å²) in [6.45, 7) is 2.88. The predicted molar refractivity (Wildman–Crippen MR) is 96.6 cm³/mol. The molecule has 0 heterocycles. The van der Waals surface area contributed by atoms with Crippen LogP contribution in [0, 0.1) is 11.6 Å². The topological polar surface area (TPSA) is 71.9 Å². The van der Waals surface area contributed by atoms with Gasteiger partial charge in [0, 0.05) is 5.56 Å². The van der Waals surface area contributed by atoms with E-state index in [9.17, 15) is 18.4 Å². The number of likely N-dealkylation sites (N-methyl/N-ethyl adjacent to an activating group) is 1. The van der Waals surface area contributed by atoms with E-state index in [2.05, 4.69) is 10.6 Å². The van der Waals surface area contributed by atoms with Crippen molar-refractivity contribution >= 4 is 17.6 Å². The third-order valence-electron chi connectivity index (χ3n) is 3.96. The second kappa shape index (κ2) is 9.63. The lowest BCUT2D eigenvalue weighted by molar-refractivity contribution is -0.904. The fourth-order valence-electron chi connectivity index (χ4n) is 2.54. The Kier molecular flexibility index (Phi) is 7.25. The highest BCUT2D eigenvalue weighted by Gasteiger charge is 2.17.